The van der Waals surface area contributed by atoms with Crippen molar-refractivity contribution in [2.45, 2.75) is 12.5 Å². The Labute approximate surface area is 130 Å². The number of morpholine rings is 1. The number of carbonyl (C=O) groups is 1. The third-order valence-corrected chi connectivity index (χ3v) is 4.55. The third-order valence-electron chi connectivity index (χ3n) is 3.07. The summed E-state index contributed by atoms with van der Waals surface area (Å²) in [6.07, 6.45) is 0.334. The number of nitrogens with zero attached hydrogens (tertiary/aromatic N) is 1. The highest BCUT2D eigenvalue weighted by Gasteiger charge is 2.26. The zero-order chi connectivity index (χ0) is 13.8. The number of halogens is 3. The minimum atomic E-state index is 0.0890. The van der Waals surface area contributed by atoms with Gasteiger partial charge < -0.3 is 9.64 Å². The molecular formula is C13H14BrCl2NO2. The maximum Gasteiger partial charge on any atom is 0.227 e. The molecule has 1 unspecified atom stereocenters. The van der Waals surface area contributed by atoms with Crippen molar-refractivity contribution < 1.29 is 9.53 Å². The van der Waals surface area contributed by atoms with E-state index in [4.69, 9.17) is 27.9 Å². The Morgan fingerprint density at radius 1 is 1.42 bits per heavy atom. The Morgan fingerprint density at radius 2 is 2.21 bits per heavy atom. The highest BCUT2D eigenvalue weighted by molar-refractivity contribution is 9.09. The van der Waals surface area contributed by atoms with Crippen LogP contribution >= 0.6 is 39.1 Å². The van der Waals surface area contributed by atoms with Gasteiger partial charge >= 0.3 is 0 Å². The maximum atomic E-state index is 12.3. The average molecular weight is 367 g/mol. The molecule has 0 aromatic heterocycles. The van der Waals surface area contributed by atoms with E-state index < -0.39 is 0 Å². The summed E-state index contributed by atoms with van der Waals surface area (Å²) in [6.45, 7) is 1.81. The van der Waals surface area contributed by atoms with Gasteiger partial charge in [-0.05, 0) is 17.7 Å². The molecule has 1 heterocycles. The molecule has 19 heavy (non-hydrogen) atoms. The quantitative estimate of drug-likeness (QED) is 0.769. The van der Waals surface area contributed by atoms with Gasteiger partial charge in [0.1, 0.15) is 0 Å². The van der Waals surface area contributed by atoms with Crippen molar-refractivity contribution in [2.75, 3.05) is 25.1 Å². The first kappa shape index (κ1) is 15.1. The van der Waals surface area contributed by atoms with Gasteiger partial charge in [-0.25, -0.2) is 0 Å². The van der Waals surface area contributed by atoms with E-state index >= 15 is 0 Å². The molecule has 0 radical (unpaired) electrons. The van der Waals surface area contributed by atoms with Crippen molar-refractivity contribution in [2.24, 2.45) is 0 Å². The van der Waals surface area contributed by atoms with Crippen LogP contribution in [0, 0.1) is 0 Å². The van der Waals surface area contributed by atoms with E-state index in [0.29, 0.717) is 36.2 Å². The Hall–Kier alpha value is -0.290. The van der Waals surface area contributed by atoms with Crippen LogP contribution in [0.5, 0.6) is 0 Å². The Morgan fingerprint density at radius 3 is 2.89 bits per heavy atom. The second-order valence-electron chi connectivity index (χ2n) is 4.40. The van der Waals surface area contributed by atoms with E-state index in [2.05, 4.69) is 15.9 Å². The SMILES string of the molecule is O=C(Cc1ccc(Cl)c(Cl)c1)N1CCOCC1CBr. The molecule has 0 bridgehead atoms. The molecule has 1 aromatic rings. The van der Waals surface area contributed by atoms with E-state index in [-0.39, 0.29) is 11.9 Å². The van der Waals surface area contributed by atoms with Crippen LogP contribution in [0.25, 0.3) is 0 Å². The van der Waals surface area contributed by atoms with Crippen molar-refractivity contribution in [3.63, 3.8) is 0 Å². The zero-order valence-electron chi connectivity index (χ0n) is 10.2. The van der Waals surface area contributed by atoms with Gasteiger partial charge in [0.05, 0.1) is 35.7 Å². The fourth-order valence-corrected chi connectivity index (χ4v) is 2.89. The van der Waals surface area contributed by atoms with Gasteiger partial charge in [-0.15, -0.1) is 0 Å². The maximum absolute atomic E-state index is 12.3. The lowest BCUT2D eigenvalue weighted by molar-refractivity contribution is -0.138. The fraction of sp³-hybridized carbons (Fsp3) is 0.462. The lowest BCUT2D eigenvalue weighted by Gasteiger charge is -2.34. The summed E-state index contributed by atoms with van der Waals surface area (Å²) in [5, 5.41) is 1.70. The summed E-state index contributed by atoms with van der Waals surface area (Å²) < 4.78 is 5.38. The number of benzene rings is 1. The number of hydrogen-bond donors (Lipinski definition) is 0. The number of rotatable bonds is 3. The minimum absolute atomic E-state index is 0.0890. The van der Waals surface area contributed by atoms with Gasteiger partial charge in [0, 0.05) is 11.9 Å². The van der Waals surface area contributed by atoms with Crippen molar-refractivity contribution in [1.82, 2.24) is 4.90 Å². The molecule has 1 aliphatic heterocycles. The number of carbonyl (C=O) groups excluding carboxylic acids is 1. The summed E-state index contributed by atoms with van der Waals surface area (Å²) in [4.78, 5) is 14.2. The molecule has 104 valence electrons. The van der Waals surface area contributed by atoms with Crippen LogP contribution in [0.3, 0.4) is 0 Å². The van der Waals surface area contributed by atoms with Crippen molar-refractivity contribution in [3.8, 4) is 0 Å². The molecule has 0 N–H and O–H groups in total. The molecular weight excluding hydrogens is 353 g/mol. The van der Waals surface area contributed by atoms with Gasteiger partial charge in [0.25, 0.3) is 0 Å². The normalized spacial score (nSPS) is 19.5. The lowest BCUT2D eigenvalue weighted by Crippen LogP contribution is -2.50. The largest absolute Gasteiger partial charge is 0.377 e. The topological polar surface area (TPSA) is 29.5 Å². The molecule has 1 amide bonds. The number of alkyl halides is 1. The number of ether oxygens (including phenoxy) is 1. The summed E-state index contributed by atoms with van der Waals surface area (Å²) >= 11 is 15.2. The van der Waals surface area contributed by atoms with Crippen LogP contribution in [-0.4, -0.2) is 41.9 Å². The van der Waals surface area contributed by atoms with Crippen LogP contribution < -0.4 is 0 Å². The van der Waals surface area contributed by atoms with Gasteiger partial charge in [-0.3, -0.25) is 4.79 Å². The molecule has 3 nitrogen and oxygen atoms in total. The molecule has 0 aliphatic carbocycles. The molecule has 0 saturated carbocycles. The second kappa shape index (κ2) is 6.93. The first-order chi connectivity index (χ1) is 9.11. The standard InChI is InChI=1S/C13H14BrCl2NO2/c14-7-10-8-19-4-3-17(10)13(18)6-9-1-2-11(15)12(16)5-9/h1-2,5,10H,3-4,6-8H2. The van der Waals surface area contributed by atoms with Gasteiger partial charge in [-0.1, -0.05) is 45.2 Å². The molecule has 0 spiro atoms. The van der Waals surface area contributed by atoms with Gasteiger partial charge in [-0.2, -0.15) is 0 Å². The van der Waals surface area contributed by atoms with Crippen LogP contribution in [0.2, 0.25) is 10.0 Å². The van der Waals surface area contributed by atoms with Crippen molar-refractivity contribution in [1.29, 1.82) is 0 Å². The first-order valence-electron chi connectivity index (χ1n) is 5.99. The number of amides is 1. The summed E-state index contributed by atoms with van der Waals surface area (Å²) in [5.41, 5.74) is 0.874. The Balaban J connectivity index is 2.05. The van der Waals surface area contributed by atoms with E-state index in [1.165, 1.54) is 0 Å². The smallest absolute Gasteiger partial charge is 0.227 e. The Kier molecular flexibility index (Phi) is 5.51. The molecule has 1 atom stereocenters. The predicted molar refractivity (Wildman–Crippen MR) is 80.3 cm³/mol. The van der Waals surface area contributed by atoms with Gasteiger partial charge in [0.15, 0.2) is 0 Å². The Bertz CT molecular complexity index is 470. The van der Waals surface area contributed by atoms with Crippen molar-refractivity contribution >= 4 is 45.0 Å². The van der Waals surface area contributed by atoms with E-state index in [0.717, 1.165) is 10.9 Å². The van der Waals surface area contributed by atoms with Crippen LogP contribution in [0.15, 0.2) is 18.2 Å². The summed E-state index contributed by atoms with van der Waals surface area (Å²) in [7, 11) is 0. The molecule has 2 rings (SSSR count). The number of hydrogen-bond acceptors (Lipinski definition) is 2. The average Bonchev–Trinajstić information content (AvgIpc) is 2.43. The second-order valence-corrected chi connectivity index (χ2v) is 5.86. The van der Waals surface area contributed by atoms with E-state index in [9.17, 15) is 4.79 Å². The molecule has 1 aliphatic rings. The van der Waals surface area contributed by atoms with E-state index in [1.54, 1.807) is 12.1 Å². The zero-order valence-corrected chi connectivity index (χ0v) is 13.3. The first-order valence-corrected chi connectivity index (χ1v) is 7.86. The monoisotopic (exact) mass is 365 g/mol. The van der Waals surface area contributed by atoms with Crippen molar-refractivity contribution in [3.05, 3.63) is 33.8 Å². The van der Waals surface area contributed by atoms with E-state index in [1.807, 2.05) is 11.0 Å². The lowest BCUT2D eigenvalue weighted by atomic mass is 10.1. The molecule has 1 saturated heterocycles. The highest BCUT2D eigenvalue weighted by atomic mass is 79.9. The third kappa shape index (κ3) is 3.85. The van der Waals surface area contributed by atoms with Crippen LogP contribution in [-0.2, 0) is 16.0 Å². The predicted octanol–water partition coefficient (Wildman–Crippen LogP) is 3.16. The highest BCUT2D eigenvalue weighted by Crippen LogP contribution is 2.23. The molecule has 6 heteroatoms. The fourth-order valence-electron chi connectivity index (χ4n) is 2.04. The van der Waals surface area contributed by atoms with Gasteiger partial charge in [0.2, 0.25) is 5.91 Å². The summed E-state index contributed by atoms with van der Waals surface area (Å²) in [5.74, 6) is 0.0890. The van der Waals surface area contributed by atoms with Crippen LogP contribution in [0.1, 0.15) is 5.56 Å². The summed E-state index contributed by atoms with van der Waals surface area (Å²) in [6, 6.07) is 5.39. The molecule has 1 fully saturated rings. The molecule has 1 aromatic carbocycles. The minimum Gasteiger partial charge on any atom is -0.377 e. The van der Waals surface area contributed by atoms with Crippen LogP contribution in [0.4, 0.5) is 0 Å².